The summed E-state index contributed by atoms with van der Waals surface area (Å²) in [4.78, 5) is 0. The van der Waals surface area contributed by atoms with E-state index >= 15 is 0 Å². The molecule has 17 heavy (non-hydrogen) atoms. The van der Waals surface area contributed by atoms with Crippen molar-refractivity contribution in [2.75, 3.05) is 18.1 Å². The number of rotatable bonds is 1. The van der Waals surface area contributed by atoms with E-state index < -0.39 is 22.5 Å². The smallest absolute Gasteiger partial charge is 0.308 e. The summed E-state index contributed by atoms with van der Waals surface area (Å²) < 4.78 is 48.4. The molecule has 1 aliphatic heterocycles. The Morgan fingerprint density at radius 1 is 1.24 bits per heavy atom. The van der Waals surface area contributed by atoms with Crippen molar-refractivity contribution >= 4 is 10.8 Å². The second-order valence-corrected chi connectivity index (χ2v) is 5.56. The van der Waals surface area contributed by atoms with Crippen LogP contribution in [0.1, 0.15) is 17.2 Å². The van der Waals surface area contributed by atoms with E-state index in [4.69, 9.17) is 0 Å². The Hall–Kier alpha value is -0.880. The Morgan fingerprint density at radius 2 is 1.88 bits per heavy atom. The first-order chi connectivity index (χ1) is 7.97. The number of alkyl halides is 3. The molecule has 2 unspecified atom stereocenters. The molecule has 2 rings (SSSR count). The summed E-state index contributed by atoms with van der Waals surface area (Å²) in [5, 5.41) is 3.15. The summed E-state index contributed by atoms with van der Waals surface area (Å²) in [6, 6.07) is 4.92. The molecule has 1 saturated heterocycles. The molecule has 0 aromatic heterocycles. The van der Waals surface area contributed by atoms with E-state index in [0.29, 0.717) is 18.1 Å². The summed E-state index contributed by atoms with van der Waals surface area (Å²) in [5.74, 6) is 1.07. The maximum absolute atomic E-state index is 12.4. The average molecular weight is 263 g/mol. The third-order valence-electron chi connectivity index (χ3n) is 2.71. The molecule has 0 aliphatic carbocycles. The fourth-order valence-electron chi connectivity index (χ4n) is 1.79. The van der Waals surface area contributed by atoms with Crippen LogP contribution in [-0.4, -0.2) is 22.3 Å². The first-order valence-electron chi connectivity index (χ1n) is 5.22. The molecule has 2 atom stereocenters. The Kier molecular flexibility index (Phi) is 3.53. The highest BCUT2D eigenvalue weighted by molar-refractivity contribution is 7.85. The summed E-state index contributed by atoms with van der Waals surface area (Å²) in [6.45, 7) is 0.637. The maximum atomic E-state index is 12.4. The number of hydrogen-bond donors (Lipinski definition) is 1. The highest BCUT2D eigenvalue weighted by Gasteiger charge is 2.30. The first-order valence-corrected chi connectivity index (χ1v) is 6.71. The van der Waals surface area contributed by atoms with Crippen molar-refractivity contribution in [2.45, 2.75) is 12.2 Å². The van der Waals surface area contributed by atoms with Gasteiger partial charge in [0.2, 0.25) is 0 Å². The van der Waals surface area contributed by atoms with Gasteiger partial charge in [-0.1, -0.05) is 12.1 Å². The predicted molar refractivity (Wildman–Crippen MR) is 60.1 cm³/mol. The van der Waals surface area contributed by atoms with Crippen LogP contribution in [0.5, 0.6) is 0 Å². The van der Waals surface area contributed by atoms with Gasteiger partial charge in [0.15, 0.2) is 0 Å². The van der Waals surface area contributed by atoms with Gasteiger partial charge in [-0.3, -0.25) is 4.21 Å². The van der Waals surface area contributed by atoms with Gasteiger partial charge in [0.05, 0.1) is 5.56 Å². The molecule has 0 saturated carbocycles. The van der Waals surface area contributed by atoms with Crippen molar-refractivity contribution in [1.82, 2.24) is 5.32 Å². The van der Waals surface area contributed by atoms with Gasteiger partial charge in [-0.05, 0) is 17.7 Å². The zero-order valence-electron chi connectivity index (χ0n) is 8.96. The van der Waals surface area contributed by atoms with E-state index in [1.807, 2.05) is 0 Å². The van der Waals surface area contributed by atoms with Crippen molar-refractivity contribution in [3.8, 4) is 0 Å². The third-order valence-corrected chi connectivity index (χ3v) is 4.08. The van der Waals surface area contributed by atoms with Gasteiger partial charge >= 0.3 is 6.18 Å². The minimum Gasteiger partial charge on any atom is -0.308 e. The van der Waals surface area contributed by atoms with Crippen LogP contribution in [0.25, 0.3) is 0 Å². The molecule has 1 fully saturated rings. The highest BCUT2D eigenvalue weighted by atomic mass is 32.2. The lowest BCUT2D eigenvalue weighted by Crippen LogP contribution is -2.36. The minimum absolute atomic E-state index is 0.105. The van der Waals surface area contributed by atoms with E-state index in [1.165, 1.54) is 12.1 Å². The monoisotopic (exact) mass is 263 g/mol. The molecule has 94 valence electrons. The summed E-state index contributed by atoms with van der Waals surface area (Å²) >= 11 is 0. The maximum Gasteiger partial charge on any atom is 0.416 e. The Morgan fingerprint density at radius 3 is 2.41 bits per heavy atom. The fourth-order valence-corrected chi connectivity index (χ4v) is 2.99. The van der Waals surface area contributed by atoms with E-state index in [9.17, 15) is 17.4 Å². The summed E-state index contributed by atoms with van der Waals surface area (Å²) in [7, 11) is -0.878. The van der Waals surface area contributed by atoms with Crippen molar-refractivity contribution < 1.29 is 17.4 Å². The van der Waals surface area contributed by atoms with Crippen LogP contribution in [0.4, 0.5) is 13.2 Å². The van der Waals surface area contributed by atoms with Crippen LogP contribution in [0, 0.1) is 0 Å². The van der Waals surface area contributed by atoms with Gasteiger partial charge in [0.25, 0.3) is 0 Å². The van der Waals surface area contributed by atoms with Gasteiger partial charge in [-0.2, -0.15) is 13.2 Å². The Bertz CT molecular complexity index is 416. The zero-order chi connectivity index (χ0) is 12.5. The highest BCUT2D eigenvalue weighted by Crippen LogP contribution is 2.30. The van der Waals surface area contributed by atoms with Crippen molar-refractivity contribution in [3.05, 3.63) is 35.4 Å². The quantitative estimate of drug-likeness (QED) is 0.840. The summed E-state index contributed by atoms with van der Waals surface area (Å²) in [5.41, 5.74) is 0.101. The number of hydrogen-bond acceptors (Lipinski definition) is 2. The molecule has 0 radical (unpaired) electrons. The zero-order valence-corrected chi connectivity index (χ0v) is 9.77. The molecular formula is C11H12F3NOS. The Balaban J connectivity index is 2.15. The number of nitrogens with one attached hydrogen (secondary N) is 1. The van der Waals surface area contributed by atoms with E-state index in [-0.39, 0.29) is 6.04 Å². The van der Waals surface area contributed by atoms with Crippen molar-refractivity contribution in [3.63, 3.8) is 0 Å². The third kappa shape index (κ3) is 3.07. The van der Waals surface area contributed by atoms with Crippen LogP contribution >= 0.6 is 0 Å². The number of halogens is 3. The van der Waals surface area contributed by atoms with E-state index in [1.54, 1.807) is 0 Å². The molecule has 1 heterocycles. The van der Waals surface area contributed by atoms with Gasteiger partial charge in [-0.25, -0.2) is 0 Å². The van der Waals surface area contributed by atoms with E-state index in [0.717, 1.165) is 17.7 Å². The Labute approximate surface area is 99.7 Å². The molecule has 0 bridgehead atoms. The largest absolute Gasteiger partial charge is 0.416 e. The second-order valence-electron chi connectivity index (χ2n) is 3.94. The molecule has 1 aromatic carbocycles. The van der Waals surface area contributed by atoms with Crippen LogP contribution in [0.15, 0.2) is 24.3 Å². The lowest BCUT2D eigenvalue weighted by atomic mass is 10.1. The number of benzene rings is 1. The molecular weight excluding hydrogens is 251 g/mol. The fraction of sp³-hybridized carbons (Fsp3) is 0.455. The van der Waals surface area contributed by atoms with Crippen LogP contribution in [0.3, 0.4) is 0 Å². The van der Waals surface area contributed by atoms with Gasteiger partial charge < -0.3 is 5.32 Å². The molecule has 1 aliphatic rings. The first kappa shape index (κ1) is 12.6. The minimum atomic E-state index is -4.30. The van der Waals surface area contributed by atoms with Crippen LogP contribution in [-0.2, 0) is 17.0 Å². The molecule has 2 nitrogen and oxygen atoms in total. The predicted octanol–water partition coefficient (Wildman–Crippen LogP) is 2.10. The lowest BCUT2D eigenvalue weighted by molar-refractivity contribution is -0.137. The van der Waals surface area contributed by atoms with Crippen molar-refractivity contribution in [2.24, 2.45) is 0 Å². The SMILES string of the molecule is O=S1CCNC(c2ccc(C(F)(F)F)cc2)C1. The van der Waals surface area contributed by atoms with Gasteiger partial charge in [0, 0.05) is 34.9 Å². The molecule has 0 amide bonds. The molecule has 0 spiro atoms. The standard InChI is InChI=1S/C11H12F3NOS/c12-11(13,14)9-3-1-8(2-4-9)10-7-17(16)6-5-15-10/h1-4,10,15H,5-7H2. The molecule has 1 N–H and O–H groups in total. The molecule has 6 heteroatoms. The van der Waals surface area contributed by atoms with Crippen LogP contribution in [0.2, 0.25) is 0 Å². The van der Waals surface area contributed by atoms with Gasteiger partial charge in [-0.15, -0.1) is 0 Å². The van der Waals surface area contributed by atoms with Crippen molar-refractivity contribution in [1.29, 1.82) is 0 Å². The molecule has 1 aromatic rings. The van der Waals surface area contributed by atoms with Gasteiger partial charge in [0.1, 0.15) is 0 Å². The van der Waals surface area contributed by atoms with Crippen LogP contribution < -0.4 is 5.32 Å². The van der Waals surface area contributed by atoms with E-state index in [2.05, 4.69) is 5.32 Å². The summed E-state index contributed by atoms with van der Waals surface area (Å²) in [6.07, 6.45) is -4.30. The average Bonchev–Trinajstić information content (AvgIpc) is 2.28. The normalized spacial score (nSPS) is 25.8. The lowest BCUT2D eigenvalue weighted by Gasteiger charge is -2.23. The second kappa shape index (κ2) is 4.78. The topological polar surface area (TPSA) is 29.1 Å².